The first kappa shape index (κ1) is 16.6. The lowest BCUT2D eigenvalue weighted by atomic mass is 10.2. The summed E-state index contributed by atoms with van der Waals surface area (Å²) in [7, 11) is 3.66. The normalized spacial score (nSPS) is 18.2. The third-order valence-corrected chi connectivity index (χ3v) is 3.57. The molecule has 122 valence electrons. The largest absolute Gasteiger partial charge is 0.497 e. The second-order valence-corrected chi connectivity index (χ2v) is 5.41. The third kappa shape index (κ3) is 5.54. The van der Waals surface area contributed by atoms with Crippen molar-refractivity contribution < 1.29 is 19.0 Å². The number of methoxy groups -OCH3 is 1. The smallest absolute Gasteiger partial charge is 0.407 e. The van der Waals surface area contributed by atoms with Crippen molar-refractivity contribution in [1.82, 2.24) is 10.2 Å². The van der Waals surface area contributed by atoms with Gasteiger partial charge in [-0.25, -0.2) is 4.79 Å². The van der Waals surface area contributed by atoms with Crippen molar-refractivity contribution in [2.75, 3.05) is 40.4 Å². The molecule has 6 heteroatoms. The molecule has 1 N–H and O–H groups in total. The lowest BCUT2D eigenvalue weighted by molar-refractivity contribution is 0.0919. The van der Waals surface area contributed by atoms with Crippen LogP contribution in [0.4, 0.5) is 4.79 Å². The van der Waals surface area contributed by atoms with Gasteiger partial charge in [0.05, 0.1) is 20.3 Å². The summed E-state index contributed by atoms with van der Waals surface area (Å²) in [5.74, 6) is 0.825. The minimum atomic E-state index is -0.367. The molecule has 1 aromatic carbocycles. The van der Waals surface area contributed by atoms with E-state index in [-0.39, 0.29) is 12.2 Å². The summed E-state index contributed by atoms with van der Waals surface area (Å²) in [5.41, 5.74) is 1.07. The standard InChI is InChI=1S/C16H24N2O4/c1-18-9-7-15(11-18)22-16(19)17-8-10-21-12-13-3-5-14(20-2)6-4-13/h3-6,15H,7-12H2,1-2H3,(H,17,19). The molecule has 6 nitrogen and oxygen atoms in total. The summed E-state index contributed by atoms with van der Waals surface area (Å²) in [6, 6.07) is 7.70. The number of amides is 1. The SMILES string of the molecule is COc1ccc(COCCNC(=O)OC2CCN(C)C2)cc1. The van der Waals surface area contributed by atoms with Gasteiger partial charge in [-0.2, -0.15) is 0 Å². The molecule has 1 saturated heterocycles. The van der Waals surface area contributed by atoms with Gasteiger partial charge < -0.3 is 24.4 Å². The number of benzene rings is 1. The number of likely N-dealkylation sites (N-methyl/N-ethyl adjacent to an activating group) is 1. The number of rotatable bonds is 7. The van der Waals surface area contributed by atoms with Gasteiger partial charge in [0.2, 0.25) is 0 Å². The van der Waals surface area contributed by atoms with Gasteiger partial charge in [-0.1, -0.05) is 12.1 Å². The summed E-state index contributed by atoms with van der Waals surface area (Å²) in [5, 5.41) is 2.70. The Bertz CT molecular complexity index is 464. The van der Waals surface area contributed by atoms with Crippen LogP contribution in [0.5, 0.6) is 5.75 Å². The van der Waals surface area contributed by atoms with Crippen LogP contribution < -0.4 is 10.1 Å². The van der Waals surface area contributed by atoms with Crippen molar-refractivity contribution in [1.29, 1.82) is 0 Å². The van der Waals surface area contributed by atoms with E-state index in [2.05, 4.69) is 10.2 Å². The fraction of sp³-hybridized carbons (Fsp3) is 0.562. The maximum Gasteiger partial charge on any atom is 0.407 e. The van der Waals surface area contributed by atoms with Crippen LogP contribution in [0.3, 0.4) is 0 Å². The van der Waals surface area contributed by atoms with Crippen molar-refractivity contribution in [3.63, 3.8) is 0 Å². The maximum atomic E-state index is 11.6. The first-order chi connectivity index (χ1) is 10.7. The van der Waals surface area contributed by atoms with E-state index in [9.17, 15) is 4.79 Å². The van der Waals surface area contributed by atoms with Gasteiger partial charge >= 0.3 is 6.09 Å². The van der Waals surface area contributed by atoms with Gasteiger partial charge in [-0.05, 0) is 31.2 Å². The number of hydrogen-bond donors (Lipinski definition) is 1. The average molecular weight is 308 g/mol. The second-order valence-electron chi connectivity index (χ2n) is 5.41. The van der Waals surface area contributed by atoms with E-state index in [1.165, 1.54) is 0 Å². The second kappa shape index (κ2) is 8.60. The van der Waals surface area contributed by atoms with Gasteiger partial charge in [0.1, 0.15) is 11.9 Å². The highest BCUT2D eigenvalue weighted by Crippen LogP contribution is 2.12. The molecule has 1 aliphatic rings. The molecule has 1 atom stereocenters. The van der Waals surface area contributed by atoms with E-state index >= 15 is 0 Å². The Labute approximate surface area is 131 Å². The molecule has 2 rings (SSSR count). The first-order valence-electron chi connectivity index (χ1n) is 7.51. The molecule has 0 radical (unpaired) electrons. The Morgan fingerprint density at radius 3 is 2.77 bits per heavy atom. The summed E-state index contributed by atoms with van der Waals surface area (Å²) < 4.78 is 15.9. The Morgan fingerprint density at radius 1 is 1.36 bits per heavy atom. The molecule has 1 aliphatic heterocycles. The van der Waals surface area contributed by atoms with Gasteiger partial charge in [-0.15, -0.1) is 0 Å². The molecule has 0 bridgehead atoms. The zero-order chi connectivity index (χ0) is 15.8. The van der Waals surface area contributed by atoms with Crippen LogP contribution >= 0.6 is 0 Å². The number of nitrogens with one attached hydrogen (secondary N) is 1. The third-order valence-electron chi connectivity index (χ3n) is 3.57. The van der Waals surface area contributed by atoms with Gasteiger partial charge in [0.15, 0.2) is 0 Å². The number of likely N-dealkylation sites (tertiary alicyclic amines) is 1. The van der Waals surface area contributed by atoms with Crippen LogP contribution in [-0.4, -0.2) is 57.5 Å². The Morgan fingerprint density at radius 2 is 2.14 bits per heavy atom. The van der Waals surface area contributed by atoms with E-state index in [1.807, 2.05) is 31.3 Å². The number of alkyl carbamates (subject to hydrolysis) is 1. The Kier molecular flexibility index (Phi) is 6.48. The van der Waals surface area contributed by atoms with E-state index < -0.39 is 0 Å². The van der Waals surface area contributed by atoms with E-state index in [0.29, 0.717) is 19.8 Å². The van der Waals surface area contributed by atoms with Crippen molar-refractivity contribution >= 4 is 6.09 Å². The molecule has 1 aromatic rings. The number of nitrogens with zero attached hydrogens (tertiary/aromatic N) is 1. The van der Waals surface area contributed by atoms with Crippen LogP contribution in [-0.2, 0) is 16.1 Å². The topological polar surface area (TPSA) is 60.0 Å². The Balaban J connectivity index is 1.54. The lowest BCUT2D eigenvalue weighted by Gasteiger charge is -2.13. The first-order valence-corrected chi connectivity index (χ1v) is 7.51. The van der Waals surface area contributed by atoms with Gasteiger partial charge in [-0.3, -0.25) is 0 Å². The summed E-state index contributed by atoms with van der Waals surface area (Å²) in [4.78, 5) is 13.7. The molecule has 22 heavy (non-hydrogen) atoms. The number of carbonyl (C=O) groups excluding carboxylic acids is 1. The monoisotopic (exact) mass is 308 g/mol. The molecule has 1 heterocycles. The zero-order valence-corrected chi connectivity index (χ0v) is 13.2. The average Bonchev–Trinajstić information content (AvgIpc) is 2.92. The Hall–Kier alpha value is -1.79. The molecule has 0 spiro atoms. The number of carbonyl (C=O) groups is 1. The zero-order valence-electron chi connectivity index (χ0n) is 13.2. The summed E-state index contributed by atoms with van der Waals surface area (Å²) in [6.45, 7) is 3.18. The highest BCUT2D eigenvalue weighted by molar-refractivity contribution is 5.67. The van der Waals surface area contributed by atoms with Crippen LogP contribution in [0, 0.1) is 0 Å². The van der Waals surface area contributed by atoms with Crippen molar-refractivity contribution in [3.8, 4) is 5.75 Å². The molecule has 0 aliphatic carbocycles. The maximum absolute atomic E-state index is 11.6. The summed E-state index contributed by atoms with van der Waals surface area (Å²) in [6.07, 6.45) is 0.538. The molecular weight excluding hydrogens is 284 g/mol. The molecule has 0 aromatic heterocycles. The molecule has 1 unspecified atom stereocenters. The fourth-order valence-electron chi connectivity index (χ4n) is 2.32. The fourth-order valence-corrected chi connectivity index (χ4v) is 2.32. The van der Waals surface area contributed by atoms with E-state index in [0.717, 1.165) is 30.8 Å². The highest BCUT2D eigenvalue weighted by atomic mass is 16.6. The van der Waals surface area contributed by atoms with Crippen molar-refractivity contribution in [2.24, 2.45) is 0 Å². The molecule has 0 saturated carbocycles. The van der Waals surface area contributed by atoms with Crippen LogP contribution in [0.25, 0.3) is 0 Å². The van der Waals surface area contributed by atoms with Crippen LogP contribution in [0.2, 0.25) is 0 Å². The quantitative estimate of drug-likeness (QED) is 0.776. The lowest BCUT2D eigenvalue weighted by Crippen LogP contribution is -2.32. The van der Waals surface area contributed by atoms with Crippen LogP contribution in [0.1, 0.15) is 12.0 Å². The van der Waals surface area contributed by atoms with E-state index in [1.54, 1.807) is 7.11 Å². The molecule has 1 fully saturated rings. The minimum absolute atomic E-state index is 0.00483. The van der Waals surface area contributed by atoms with Gasteiger partial charge in [0.25, 0.3) is 0 Å². The highest BCUT2D eigenvalue weighted by Gasteiger charge is 2.22. The van der Waals surface area contributed by atoms with Gasteiger partial charge in [0, 0.05) is 19.6 Å². The van der Waals surface area contributed by atoms with Crippen LogP contribution in [0.15, 0.2) is 24.3 Å². The number of hydrogen-bond acceptors (Lipinski definition) is 5. The molecular formula is C16H24N2O4. The predicted octanol–water partition coefficient (Wildman–Crippen LogP) is 1.64. The molecule has 1 amide bonds. The summed E-state index contributed by atoms with van der Waals surface area (Å²) >= 11 is 0. The van der Waals surface area contributed by atoms with Crippen molar-refractivity contribution in [3.05, 3.63) is 29.8 Å². The van der Waals surface area contributed by atoms with E-state index in [4.69, 9.17) is 14.2 Å². The minimum Gasteiger partial charge on any atom is -0.497 e. The number of ether oxygens (including phenoxy) is 3. The van der Waals surface area contributed by atoms with Crippen molar-refractivity contribution in [2.45, 2.75) is 19.1 Å². The predicted molar refractivity (Wildman–Crippen MR) is 83.0 cm³/mol.